The molecule has 0 radical (unpaired) electrons. The summed E-state index contributed by atoms with van der Waals surface area (Å²) in [5.41, 5.74) is 0.647. The van der Waals surface area contributed by atoms with Crippen molar-refractivity contribution in [2.75, 3.05) is 6.54 Å². The number of sulfonamides is 1. The molecule has 1 saturated carbocycles. The second-order valence-electron chi connectivity index (χ2n) is 4.96. The lowest BCUT2D eigenvalue weighted by molar-refractivity contribution is 0.271. The van der Waals surface area contributed by atoms with Gasteiger partial charge >= 0.3 is 0 Å². The molecule has 0 unspecified atom stereocenters. The first kappa shape index (κ1) is 14.6. The van der Waals surface area contributed by atoms with Gasteiger partial charge in [0.25, 0.3) is 0 Å². The molecule has 1 aromatic rings. The predicted molar refractivity (Wildman–Crippen MR) is 73.2 cm³/mol. The van der Waals surface area contributed by atoms with Crippen LogP contribution in [0.2, 0.25) is 0 Å². The molecule has 2 rings (SSSR count). The Morgan fingerprint density at radius 1 is 1.42 bits per heavy atom. The van der Waals surface area contributed by atoms with Crippen molar-refractivity contribution in [3.63, 3.8) is 0 Å². The predicted octanol–water partition coefficient (Wildman–Crippen LogP) is 1.56. The van der Waals surface area contributed by atoms with Gasteiger partial charge in [-0.05, 0) is 32.3 Å². The van der Waals surface area contributed by atoms with Crippen molar-refractivity contribution >= 4 is 10.0 Å². The molecule has 0 spiro atoms. The van der Waals surface area contributed by atoms with E-state index in [1.165, 1.54) is 0 Å². The van der Waals surface area contributed by atoms with Crippen LogP contribution in [0.1, 0.15) is 38.8 Å². The Labute approximate surface area is 114 Å². The summed E-state index contributed by atoms with van der Waals surface area (Å²) in [6.07, 6.45) is 4.37. The summed E-state index contributed by atoms with van der Waals surface area (Å²) in [6, 6.07) is 1.76. The highest BCUT2D eigenvalue weighted by Gasteiger charge is 2.37. The lowest BCUT2D eigenvalue weighted by Crippen LogP contribution is -2.33. The maximum Gasteiger partial charge on any atom is 0.244 e. The van der Waals surface area contributed by atoms with Gasteiger partial charge in [0.2, 0.25) is 10.0 Å². The van der Waals surface area contributed by atoms with Crippen LogP contribution in [0.4, 0.5) is 0 Å². The molecule has 1 aliphatic carbocycles. The van der Waals surface area contributed by atoms with E-state index in [9.17, 15) is 13.5 Å². The minimum atomic E-state index is -3.42. The minimum Gasteiger partial charge on any atom is -0.390 e. The Hall–Kier alpha value is -0.850. The third-order valence-corrected chi connectivity index (χ3v) is 5.39. The highest BCUT2D eigenvalue weighted by molar-refractivity contribution is 7.89. The maximum absolute atomic E-state index is 12.6. The van der Waals surface area contributed by atoms with Crippen LogP contribution in [0.25, 0.3) is 0 Å². The van der Waals surface area contributed by atoms with E-state index in [0.29, 0.717) is 23.7 Å². The van der Waals surface area contributed by atoms with Gasteiger partial charge in [-0.15, -0.1) is 0 Å². The molecule has 0 aliphatic heterocycles. The monoisotopic (exact) mass is 286 g/mol. The van der Waals surface area contributed by atoms with Gasteiger partial charge in [0.1, 0.15) is 4.90 Å². The van der Waals surface area contributed by atoms with E-state index in [1.807, 2.05) is 13.8 Å². The molecule has 1 aromatic heterocycles. The number of aryl methyl sites for hydroxylation is 1. The van der Waals surface area contributed by atoms with E-state index in [1.54, 1.807) is 21.1 Å². The highest BCUT2D eigenvalue weighted by Crippen LogP contribution is 2.32. The minimum absolute atomic E-state index is 0.138. The number of nitrogens with zero attached hydrogens (tertiary/aromatic N) is 2. The van der Waals surface area contributed by atoms with Crippen molar-refractivity contribution < 1.29 is 13.5 Å². The molecular formula is C13H22N2O3S. The maximum atomic E-state index is 12.6. The zero-order chi connectivity index (χ0) is 14.0. The van der Waals surface area contributed by atoms with Crippen molar-refractivity contribution in [1.82, 2.24) is 8.87 Å². The van der Waals surface area contributed by atoms with Crippen molar-refractivity contribution in [3.8, 4) is 0 Å². The zero-order valence-electron chi connectivity index (χ0n) is 11.5. The average molecular weight is 286 g/mol. The summed E-state index contributed by atoms with van der Waals surface area (Å²) in [6.45, 7) is 5.00. The van der Waals surface area contributed by atoms with E-state index in [0.717, 1.165) is 19.3 Å². The van der Waals surface area contributed by atoms with E-state index < -0.39 is 10.0 Å². The average Bonchev–Trinajstić information content (AvgIpc) is 3.12. The fraction of sp³-hybridized carbons (Fsp3) is 0.692. The fourth-order valence-corrected chi connectivity index (χ4v) is 4.15. The van der Waals surface area contributed by atoms with Gasteiger partial charge in [0, 0.05) is 31.0 Å². The standard InChI is InChI=1S/C13H22N2O3S/c1-3-7-15(11-5-6-11)19(17,18)13-8-12(10-16)14(4-2)9-13/h8-9,11,16H,3-7,10H2,1-2H3. The highest BCUT2D eigenvalue weighted by atomic mass is 32.2. The Kier molecular flexibility index (Phi) is 4.32. The van der Waals surface area contributed by atoms with Crippen molar-refractivity contribution in [2.24, 2.45) is 0 Å². The number of hydrogen-bond acceptors (Lipinski definition) is 3. The summed E-state index contributed by atoms with van der Waals surface area (Å²) in [5, 5.41) is 9.26. The van der Waals surface area contributed by atoms with Crippen molar-refractivity contribution in [2.45, 2.75) is 57.2 Å². The first-order valence-corrected chi connectivity index (χ1v) is 8.30. The number of rotatable bonds is 7. The van der Waals surface area contributed by atoms with Crippen LogP contribution >= 0.6 is 0 Å². The second-order valence-corrected chi connectivity index (χ2v) is 6.85. The summed E-state index contributed by atoms with van der Waals surface area (Å²) in [7, 11) is -3.42. The van der Waals surface area contributed by atoms with Crippen LogP contribution in [-0.2, 0) is 23.2 Å². The topological polar surface area (TPSA) is 62.5 Å². The van der Waals surface area contributed by atoms with Crippen LogP contribution in [-0.4, -0.2) is 35.0 Å². The molecule has 0 saturated heterocycles. The van der Waals surface area contributed by atoms with Crippen LogP contribution in [0.3, 0.4) is 0 Å². The van der Waals surface area contributed by atoms with Gasteiger partial charge in [0.05, 0.1) is 6.61 Å². The molecule has 1 N–H and O–H groups in total. The summed E-state index contributed by atoms with van der Waals surface area (Å²) < 4.78 is 28.7. The van der Waals surface area contributed by atoms with Gasteiger partial charge in [-0.1, -0.05) is 6.92 Å². The molecular weight excluding hydrogens is 264 g/mol. The Morgan fingerprint density at radius 3 is 2.53 bits per heavy atom. The molecule has 1 heterocycles. The Morgan fingerprint density at radius 2 is 2.11 bits per heavy atom. The molecule has 0 aromatic carbocycles. The second kappa shape index (κ2) is 5.64. The molecule has 19 heavy (non-hydrogen) atoms. The third kappa shape index (κ3) is 2.85. The summed E-state index contributed by atoms with van der Waals surface area (Å²) in [4.78, 5) is 0.304. The molecule has 1 aliphatic rings. The van der Waals surface area contributed by atoms with Gasteiger partial charge in [0.15, 0.2) is 0 Å². The molecule has 5 nitrogen and oxygen atoms in total. The number of aliphatic hydroxyl groups is 1. The molecule has 1 fully saturated rings. The number of hydrogen-bond donors (Lipinski definition) is 1. The lowest BCUT2D eigenvalue weighted by atomic mass is 10.4. The van der Waals surface area contributed by atoms with E-state index >= 15 is 0 Å². The van der Waals surface area contributed by atoms with E-state index in [-0.39, 0.29) is 12.6 Å². The molecule has 0 bridgehead atoms. The number of aliphatic hydroxyl groups excluding tert-OH is 1. The molecule has 0 atom stereocenters. The van der Waals surface area contributed by atoms with Gasteiger partial charge in [-0.2, -0.15) is 4.31 Å². The van der Waals surface area contributed by atoms with Gasteiger partial charge in [-0.3, -0.25) is 0 Å². The molecule has 0 amide bonds. The quantitative estimate of drug-likeness (QED) is 0.827. The first-order valence-electron chi connectivity index (χ1n) is 6.86. The van der Waals surface area contributed by atoms with E-state index in [4.69, 9.17) is 0 Å². The van der Waals surface area contributed by atoms with E-state index in [2.05, 4.69) is 0 Å². The van der Waals surface area contributed by atoms with Gasteiger partial charge < -0.3 is 9.67 Å². The first-order chi connectivity index (χ1) is 9.04. The molecule has 108 valence electrons. The normalized spacial score (nSPS) is 16.2. The smallest absolute Gasteiger partial charge is 0.244 e. The SMILES string of the molecule is CCCN(C1CC1)S(=O)(=O)c1cc(CO)n(CC)c1. The Balaban J connectivity index is 2.34. The fourth-order valence-electron chi connectivity index (χ4n) is 2.31. The zero-order valence-corrected chi connectivity index (χ0v) is 12.4. The summed E-state index contributed by atoms with van der Waals surface area (Å²) in [5.74, 6) is 0. The lowest BCUT2D eigenvalue weighted by Gasteiger charge is -2.20. The largest absolute Gasteiger partial charge is 0.390 e. The number of aromatic nitrogens is 1. The van der Waals surface area contributed by atoms with Crippen LogP contribution in [0.15, 0.2) is 17.2 Å². The van der Waals surface area contributed by atoms with Crippen molar-refractivity contribution in [3.05, 3.63) is 18.0 Å². The Bertz CT molecular complexity index is 511. The molecule has 6 heteroatoms. The third-order valence-electron chi connectivity index (χ3n) is 3.47. The van der Waals surface area contributed by atoms with Crippen LogP contribution in [0, 0.1) is 0 Å². The van der Waals surface area contributed by atoms with Gasteiger partial charge in [-0.25, -0.2) is 8.42 Å². The van der Waals surface area contributed by atoms with Crippen LogP contribution in [0.5, 0.6) is 0 Å². The van der Waals surface area contributed by atoms with Crippen LogP contribution < -0.4 is 0 Å². The van der Waals surface area contributed by atoms with Crippen molar-refractivity contribution in [1.29, 1.82) is 0 Å². The summed E-state index contributed by atoms with van der Waals surface area (Å²) >= 11 is 0.